The minimum atomic E-state index is -3.67. The fourth-order valence-corrected chi connectivity index (χ4v) is 7.01. The van der Waals surface area contributed by atoms with Crippen molar-refractivity contribution < 1.29 is 13.8 Å². The van der Waals surface area contributed by atoms with Crippen LogP contribution in [-0.4, -0.2) is 60.4 Å². The zero-order chi connectivity index (χ0) is 31.2. The predicted octanol–water partition coefficient (Wildman–Crippen LogP) is 4.21. The molecule has 3 aromatic carbocycles. The van der Waals surface area contributed by atoms with Gasteiger partial charge in [-0.3, -0.25) is 23.8 Å². The van der Waals surface area contributed by atoms with E-state index in [-0.39, 0.29) is 13.2 Å². The van der Waals surface area contributed by atoms with Crippen LogP contribution < -0.4 is 21.7 Å². The van der Waals surface area contributed by atoms with Gasteiger partial charge in [-0.25, -0.2) is 9.88 Å². The Kier molecular flexibility index (Phi) is 10.3. The van der Waals surface area contributed by atoms with E-state index >= 15 is 0 Å². The third kappa shape index (κ3) is 6.98. The highest BCUT2D eigenvalue weighted by molar-refractivity contribution is 7.83. The van der Waals surface area contributed by atoms with E-state index in [0.717, 1.165) is 16.7 Å². The summed E-state index contributed by atoms with van der Waals surface area (Å²) in [6.45, 7) is -0.611. The van der Waals surface area contributed by atoms with Crippen molar-refractivity contribution in [2.24, 2.45) is 0 Å². The lowest BCUT2D eigenvalue weighted by atomic mass is 9.75. The van der Waals surface area contributed by atoms with Crippen molar-refractivity contribution in [1.29, 1.82) is 0 Å². The fraction of sp³-hybridized carbons (Fsp3) is 0.312. The van der Waals surface area contributed by atoms with E-state index in [4.69, 9.17) is 20.5 Å². The molecule has 0 amide bonds. The van der Waals surface area contributed by atoms with Crippen LogP contribution in [0.2, 0.25) is 0 Å². The molecule has 1 aromatic heterocycles. The molecule has 1 fully saturated rings. The lowest BCUT2D eigenvalue weighted by Crippen LogP contribution is -2.58. The van der Waals surface area contributed by atoms with Gasteiger partial charge in [-0.15, -0.1) is 0 Å². The lowest BCUT2D eigenvalue weighted by molar-refractivity contribution is -0.148. The first-order valence-corrected chi connectivity index (χ1v) is 17.0. The lowest BCUT2D eigenvalue weighted by Gasteiger charge is -2.50. The molecule has 1 aliphatic rings. The summed E-state index contributed by atoms with van der Waals surface area (Å²) in [6.07, 6.45) is 0.0401. The largest absolute Gasteiger partial charge is 0.360 e. The highest BCUT2D eigenvalue weighted by atomic mass is 35.7. The number of nitrogens with zero attached hydrogens (tertiary/aromatic N) is 2. The van der Waals surface area contributed by atoms with Crippen LogP contribution >= 0.6 is 18.1 Å². The number of benzene rings is 3. The molecule has 0 saturated carbocycles. The molecule has 1 unspecified atom stereocenters. The van der Waals surface area contributed by atoms with Gasteiger partial charge in [-0.1, -0.05) is 91.0 Å². The Bertz CT molecular complexity index is 1590. The van der Waals surface area contributed by atoms with Crippen molar-refractivity contribution in [2.75, 3.05) is 39.8 Å². The van der Waals surface area contributed by atoms with Gasteiger partial charge in [0.2, 0.25) is 0 Å². The molecule has 44 heavy (non-hydrogen) atoms. The van der Waals surface area contributed by atoms with E-state index in [0.29, 0.717) is 25.2 Å². The van der Waals surface area contributed by atoms with Crippen molar-refractivity contribution in [3.05, 3.63) is 140 Å². The Balaban J connectivity index is 1.64. The Morgan fingerprint density at radius 2 is 1.48 bits per heavy atom. The van der Waals surface area contributed by atoms with Crippen LogP contribution in [0, 0.1) is 6.92 Å². The predicted molar refractivity (Wildman–Crippen MR) is 172 cm³/mol. The van der Waals surface area contributed by atoms with Crippen LogP contribution in [0.25, 0.3) is 0 Å². The van der Waals surface area contributed by atoms with Crippen molar-refractivity contribution in [2.45, 2.75) is 24.8 Å². The standard InChI is InChI=1S/C32H37ClN5O5P/c1-24-20-38(31(40)36-30(24)39)29-22-37(21-28(43-29)23-42-44(33,41)35-19-18-34-2)32(25-12-6-3-7-13-25,26-14-8-4-9-15-26)27-16-10-5-11-17-27/h3-17,20,28-29,34H,18-19,21-23H2,1-2H3,(H,35,41)(H,36,39,40)/t28-,29+,44?/m0/s1. The Morgan fingerprint density at radius 1 is 0.932 bits per heavy atom. The van der Waals surface area contributed by atoms with E-state index in [9.17, 15) is 14.2 Å². The minimum absolute atomic E-state index is 0.105. The molecule has 0 aliphatic carbocycles. The number of hydrogen-bond donors (Lipinski definition) is 3. The van der Waals surface area contributed by atoms with Crippen molar-refractivity contribution >= 4 is 18.1 Å². The molecule has 0 bridgehead atoms. The topological polar surface area (TPSA) is 118 Å². The maximum absolute atomic E-state index is 13.1. The summed E-state index contributed by atoms with van der Waals surface area (Å²) in [5, 5.41) is 5.72. The van der Waals surface area contributed by atoms with Crippen molar-refractivity contribution in [1.82, 2.24) is 24.9 Å². The Morgan fingerprint density at radius 3 is 2.00 bits per heavy atom. The highest BCUT2D eigenvalue weighted by Gasteiger charge is 2.46. The van der Waals surface area contributed by atoms with Crippen LogP contribution in [0.4, 0.5) is 0 Å². The normalized spacial score (nSPS) is 19.0. The van der Waals surface area contributed by atoms with Gasteiger partial charge in [-0.2, -0.15) is 0 Å². The third-order valence-corrected chi connectivity index (χ3v) is 9.49. The molecule has 5 rings (SSSR count). The van der Waals surface area contributed by atoms with Gasteiger partial charge in [-0.05, 0) is 41.9 Å². The number of morpholine rings is 1. The molecule has 0 radical (unpaired) electrons. The van der Waals surface area contributed by atoms with Crippen molar-refractivity contribution in [3.63, 3.8) is 0 Å². The van der Waals surface area contributed by atoms with E-state index in [1.807, 2.05) is 54.6 Å². The molecule has 1 saturated heterocycles. The molecule has 3 N–H and O–H groups in total. The number of rotatable bonds is 12. The van der Waals surface area contributed by atoms with E-state index in [2.05, 4.69) is 56.7 Å². The maximum atomic E-state index is 13.1. The molecule has 10 nitrogen and oxygen atoms in total. The fourth-order valence-electron chi connectivity index (χ4n) is 5.76. The SMILES string of the molecule is CNCCNP(=O)(Cl)OC[C@@H]1CN(C(c2ccccc2)(c2ccccc2)c2ccccc2)C[C@H](n2cc(C)c(=O)[nH]c2=O)O1. The van der Waals surface area contributed by atoms with E-state index in [1.165, 1.54) is 10.8 Å². The third-order valence-electron chi connectivity index (χ3n) is 7.76. The quantitative estimate of drug-likeness (QED) is 0.120. The first-order chi connectivity index (χ1) is 21.2. The summed E-state index contributed by atoms with van der Waals surface area (Å²) >= 11 is 6.25. The molecule has 4 aromatic rings. The number of aromatic nitrogens is 2. The summed E-state index contributed by atoms with van der Waals surface area (Å²) in [7, 11) is 1.78. The average Bonchev–Trinajstić information content (AvgIpc) is 3.04. The zero-order valence-electron chi connectivity index (χ0n) is 24.7. The van der Waals surface area contributed by atoms with E-state index < -0.39 is 36.0 Å². The van der Waals surface area contributed by atoms with Gasteiger partial charge in [0.05, 0.1) is 18.2 Å². The monoisotopic (exact) mass is 637 g/mol. The number of halogens is 1. The van der Waals surface area contributed by atoms with Crippen LogP contribution in [0.1, 0.15) is 28.5 Å². The number of likely N-dealkylation sites (N-methyl/N-ethyl adjacent to an activating group) is 1. The molecule has 232 valence electrons. The van der Waals surface area contributed by atoms with Gasteiger partial charge < -0.3 is 14.6 Å². The van der Waals surface area contributed by atoms with Gasteiger partial charge in [0.15, 0.2) is 6.23 Å². The number of H-pyrrole nitrogens is 1. The van der Waals surface area contributed by atoms with Crippen LogP contribution in [-0.2, 0) is 19.4 Å². The average molecular weight is 638 g/mol. The van der Waals surface area contributed by atoms with Crippen LogP contribution in [0.15, 0.2) is 107 Å². The summed E-state index contributed by atoms with van der Waals surface area (Å²) in [6, 6.07) is 30.5. The molecular formula is C32H37ClN5O5P. The van der Waals surface area contributed by atoms with Gasteiger partial charge in [0.1, 0.15) is 0 Å². The second-order valence-electron chi connectivity index (χ2n) is 10.7. The summed E-state index contributed by atoms with van der Waals surface area (Å²) in [5.41, 5.74) is 1.55. The summed E-state index contributed by atoms with van der Waals surface area (Å²) < 4.78 is 26.6. The number of aromatic amines is 1. The van der Waals surface area contributed by atoms with E-state index in [1.54, 1.807) is 14.0 Å². The van der Waals surface area contributed by atoms with Crippen LogP contribution in [0.5, 0.6) is 0 Å². The van der Waals surface area contributed by atoms with Gasteiger partial charge in [0, 0.05) is 37.9 Å². The van der Waals surface area contributed by atoms with Gasteiger partial charge in [0.25, 0.3) is 5.56 Å². The second kappa shape index (κ2) is 14.2. The highest BCUT2D eigenvalue weighted by Crippen LogP contribution is 2.49. The second-order valence-corrected chi connectivity index (χ2v) is 13.6. The zero-order valence-corrected chi connectivity index (χ0v) is 26.3. The van der Waals surface area contributed by atoms with Crippen LogP contribution in [0.3, 0.4) is 0 Å². The smallest absolute Gasteiger partial charge is 0.350 e. The molecule has 3 atom stereocenters. The molecular weight excluding hydrogens is 601 g/mol. The number of ether oxygens (including phenoxy) is 1. The minimum Gasteiger partial charge on any atom is -0.350 e. The first kappa shape index (κ1) is 32.1. The van der Waals surface area contributed by atoms with Gasteiger partial charge >= 0.3 is 12.6 Å². The number of nitrogens with one attached hydrogen (secondary N) is 3. The first-order valence-electron chi connectivity index (χ1n) is 14.5. The number of hydrogen-bond acceptors (Lipinski definition) is 7. The molecule has 2 heterocycles. The molecule has 12 heteroatoms. The number of aryl methyl sites for hydroxylation is 1. The molecule has 0 spiro atoms. The molecule has 1 aliphatic heterocycles. The summed E-state index contributed by atoms with van der Waals surface area (Å²) in [4.78, 5) is 30.0. The Hall–Kier alpha value is -3.34. The maximum Gasteiger partial charge on any atom is 0.360 e. The summed E-state index contributed by atoms with van der Waals surface area (Å²) in [5.74, 6) is 0. The van der Waals surface area contributed by atoms with Crippen molar-refractivity contribution in [3.8, 4) is 0 Å². The Labute approximate surface area is 261 Å².